The van der Waals surface area contributed by atoms with E-state index in [1.165, 1.54) is 0 Å². The van der Waals surface area contributed by atoms with E-state index in [9.17, 15) is 4.79 Å². The van der Waals surface area contributed by atoms with Crippen LogP contribution >= 0.6 is 39.7 Å². The Morgan fingerprint density at radius 1 is 1.16 bits per heavy atom. The predicted molar refractivity (Wildman–Crippen MR) is 136 cm³/mol. The fraction of sp³-hybridized carbons (Fsp3) is 0.0870. The number of hydrogen-bond acceptors (Lipinski definition) is 4. The minimum atomic E-state index is -0.321. The second kappa shape index (κ2) is 9.28. The van der Waals surface area contributed by atoms with E-state index in [0.717, 1.165) is 33.7 Å². The Kier molecular flexibility index (Phi) is 6.45. The largest absolute Gasteiger partial charge is 0.496 e. The molecule has 4 rings (SSSR count). The molecule has 0 saturated heterocycles. The van der Waals surface area contributed by atoms with Crippen LogP contribution in [0.5, 0.6) is 5.75 Å². The van der Waals surface area contributed by atoms with E-state index in [4.69, 9.17) is 28.6 Å². The molecule has 32 heavy (non-hydrogen) atoms. The Bertz CT molecular complexity index is 1300. The van der Waals surface area contributed by atoms with Gasteiger partial charge in [-0.3, -0.25) is 10.1 Å². The summed E-state index contributed by atoms with van der Waals surface area (Å²) in [5, 5.41) is 6.57. The number of anilines is 1. The van der Waals surface area contributed by atoms with Crippen molar-refractivity contribution in [2.24, 2.45) is 0 Å². The second-order valence-electron chi connectivity index (χ2n) is 7.04. The lowest BCUT2D eigenvalue weighted by molar-refractivity contribution is 0.0977. The number of carbonyl (C=O) groups is 1. The Morgan fingerprint density at radius 2 is 1.91 bits per heavy atom. The summed E-state index contributed by atoms with van der Waals surface area (Å²) in [5.74, 6) is 1.07. The third kappa shape index (κ3) is 4.77. The average molecular weight is 530 g/mol. The maximum absolute atomic E-state index is 12.4. The first-order chi connectivity index (χ1) is 15.3. The van der Waals surface area contributed by atoms with Gasteiger partial charge in [0, 0.05) is 21.8 Å². The van der Waals surface area contributed by atoms with Crippen LogP contribution in [0.2, 0.25) is 5.02 Å². The van der Waals surface area contributed by atoms with Crippen molar-refractivity contribution in [2.45, 2.75) is 6.92 Å². The zero-order chi connectivity index (χ0) is 22.8. The normalized spacial score (nSPS) is 10.8. The lowest BCUT2D eigenvalue weighted by atomic mass is 10.2. The van der Waals surface area contributed by atoms with Gasteiger partial charge in [0.15, 0.2) is 5.11 Å². The number of aromatic amines is 1. The number of nitrogens with zero attached hydrogens (tertiary/aromatic N) is 1. The molecule has 0 aliphatic heterocycles. The first-order valence-corrected chi connectivity index (χ1v) is 11.1. The number of thiocarbonyl (C=S) groups is 1. The SMILES string of the molecule is COc1ccc(C(=O)NC(=S)Nc2ccc(-c3nc4cc(Cl)c(C)cc4[nH]3)cc2)cc1Br. The molecule has 6 nitrogen and oxygen atoms in total. The van der Waals surface area contributed by atoms with Crippen LogP contribution in [-0.4, -0.2) is 28.1 Å². The number of fused-ring (bicyclic) bond motifs is 1. The second-order valence-corrected chi connectivity index (χ2v) is 8.71. The van der Waals surface area contributed by atoms with Gasteiger partial charge in [0.2, 0.25) is 0 Å². The maximum atomic E-state index is 12.4. The standard InChI is InChI=1S/C23H18BrClN4O2S/c1-12-9-18-19(11-17(12)25)28-21(27-18)13-3-6-15(7-4-13)26-23(32)29-22(30)14-5-8-20(31-2)16(24)10-14/h3-11H,1-2H3,(H,27,28)(H2,26,29,30,32). The van der Waals surface area contributed by atoms with Gasteiger partial charge in [0.1, 0.15) is 11.6 Å². The van der Waals surface area contributed by atoms with E-state index in [-0.39, 0.29) is 11.0 Å². The highest BCUT2D eigenvalue weighted by atomic mass is 79.9. The molecule has 0 fully saturated rings. The van der Waals surface area contributed by atoms with Crippen LogP contribution in [0.25, 0.3) is 22.4 Å². The van der Waals surface area contributed by atoms with Crippen molar-refractivity contribution in [1.82, 2.24) is 15.3 Å². The van der Waals surface area contributed by atoms with Crippen LogP contribution in [0, 0.1) is 6.92 Å². The lowest BCUT2D eigenvalue weighted by Crippen LogP contribution is -2.34. The van der Waals surface area contributed by atoms with Crippen molar-refractivity contribution in [1.29, 1.82) is 0 Å². The zero-order valence-corrected chi connectivity index (χ0v) is 20.3. The number of imidazole rings is 1. The molecule has 162 valence electrons. The van der Waals surface area contributed by atoms with E-state index in [2.05, 4.69) is 36.5 Å². The molecule has 0 spiro atoms. The molecule has 3 aromatic carbocycles. The number of hydrogen-bond donors (Lipinski definition) is 3. The van der Waals surface area contributed by atoms with Crippen molar-refractivity contribution >= 4 is 67.5 Å². The Morgan fingerprint density at radius 3 is 2.59 bits per heavy atom. The lowest BCUT2D eigenvalue weighted by Gasteiger charge is -2.11. The monoisotopic (exact) mass is 528 g/mol. The molecular formula is C23H18BrClN4O2S. The van der Waals surface area contributed by atoms with Crippen LogP contribution < -0.4 is 15.4 Å². The Balaban J connectivity index is 1.42. The van der Waals surface area contributed by atoms with E-state index >= 15 is 0 Å². The van der Waals surface area contributed by atoms with Gasteiger partial charge < -0.3 is 15.0 Å². The molecule has 1 heterocycles. The van der Waals surface area contributed by atoms with Gasteiger partial charge in [0.25, 0.3) is 5.91 Å². The summed E-state index contributed by atoms with van der Waals surface area (Å²) in [6, 6.07) is 16.4. The number of nitrogens with one attached hydrogen (secondary N) is 3. The third-order valence-electron chi connectivity index (χ3n) is 4.82. The number of benzene rings is 3. The summed E-state index contributed by atoms with van der Waals surface area (Å²) in [6.45, 7) is 1.96. The number of halogens is 2. The smallest absolute Gasteiger partial charge is 0.257 e. The highest BCUT2D eigenvalue weighted by Crippen LogP contribution is 2.27. The summed E-state index contributed by atoms with van der Waals surface area (Å²) < 4.78 is 5.86. The number of ether oxygens (including phenoxy) is 1. The van der Waals surface area contributed by atoms with Crippen molar-refractivity contribution in [3.8, 4) is 17.1 Å². The summed E-state index contributed by atoms with van der Waals surface area (Å²) in [7, 11) is 1.56. The first-order valence-electron chi connectivity index (χ1n) is 9.56. The van der Waals surface area contributed by atoms with Crippen LogP contribution in [0.1, 0.15) is 15.9 Å². The van der Waals surface area contributed by atoms with E-state index in [1.54, 1.807) is 25.3 Å². The molecule has 0 aliphatic carbocycles. The minimum absolute atomic E-state index is 0.198. The molecule has 1 aromatic heterocycles. The molecule has 0 bridgehead atoms. The van der Waals surface area contributed by atoms with Crippen molar-refractivity contribution in [2.75, 3.05) is 12.4 Å². The molecule has 1 amide bonds. The van der Waals surface area contributed by atoms with E-state index < -0.39 is 0 Å². The van der Waals surface area contributed by atoms with Crippen LogP contribution in [0.4, 0.5) is 5.69 Å². The van der Waals surface area contributed by atoms with Crippen molar-refractivity contribution in [3.63, 3.8) is 0 Å². The molecule has 0 radical (unpaired) electrons. The van der Waals surface area contributed by atoms with E-state index in [1.807, 2.05) is 43.3 Å². The first kappa shape index (κ1) is 22.3. The van der Waals surface area contributed by atoms with Gasteiger partial charge in [-0.05, 0) is 95.2 Å². The summed E-state index contributed by atoms with van der Waals surface area (Å²) >= 11 is 14.8. The molecule has 4 aromatic rings. The number of rotatable bonds is 4. The molecule has 0 unspecified atom stereocenters. The molecule has 3 N–H and O–H groups in total. The Labute approximate surface area is 203 Å². The zero-order valence-electron chi connectivity index (χ0n) is 17.1. The number of methoxy groups -OCH3 is 1. The molecule has 0 saturated carbocycles. The summed E-state index contributed by atoms with van der Waals surface area (Å²) in [5.41, 5.74) is 4.84. The van der Waals surface area contributed by atoms with Crippen molar-refractivity contribution in [3.05, 3.63) is 75.2 Å². The van der Waals surface area contributed by atoms with Gasteiger partial charge in [-0.25, -0.2) is 4.98 Å². The van der Waals surface area contributed by atoms with Crippen molar-refractivity contribution < 1.29 is 9.53 Å². The summed E-state index contributed by atoms with van der Waals surface area (Å²) in [4.78, 5) is 20.4. The summed E-state index contributed by atoms with van der Waals surface area (Å²) in [6.07, 6.45) is 0. The molecule has 0 aliphatic rings. The Hall–Kier alpha value is -2.94. The number of aryl methyl sites for hydroxylation is 1. The van der Waals surface area contributed by atoms with Gasteiger partial charge in [-0.15, -0.1) is 0 Å². The van der Waals surface area contributed by atoms with E-state index in [0.29, 0.717) is 20.8 Å². The van der Waals surface area contributed by atoms with Gasteiger partial charge in [-0.1, -0.05) is 11.6 Å². The quantitative estimate of drug-likeness (QED) is 0.279. The highest BCUT2D eigenvalue weighted by Gasteiger charge is 2.11. The molecule has 9 heteroatoms. The number of aromatic nitrogens is 2. The van der Waals surface area contributed by atoms with Gasteiger partial charge in [-0.2, -0.15) is 0 Å². The maximum Gasteiger partial charge on any atom is 0.257 e. The topological polar surface area (TPSA) is 79.0 Å². The minimum Gasteiger partial charge on any atom is -0.496 e. The van der Waals surface area contributed by atoms with Crippen LogP contribution in [0.3, 0.4) is 0 Å². The predicted octanol–water partition coefficient (Wildman–Crippen LogP) is 6.09. The number of carbonyl (C=O) groups excluding carboxylic acids is 1. The number of amides is 1. The highest BCUT2D eigenvalue weighted by molar-refractivity contribution is 9.10. The van der Waals surface area contributed by atoms with Gasteiger partial charge >= 0.3 is 0 Å². The molecule has 0 atom stereocenters. The third-order valence-corrected chi connectivity index (χ3v) is 6.05. The van der Waals surface area contributed by atoms with Gasteiger partial charge in [0.05, 0.1) is 22.6 Å². The average Bonchev–Trinajstić information content (AvgIpc) is 3.17. The molecular weight excluding hydrogens is 512 g/mol. The van der Waals surface area contributed by atoms with Crippen LogP contribution in [0.15, 0.2) is 59.1 Å². The van der Waals surface area contributed by atoms with Crippen LogP contribution in [-0.2, 0) is 0 Å². The number of H-pyrrole nitrogens is 1. The fourth-order valence-corrected chi connectivity index (χ4v) is 4.04. The fourth-order valence-electron chi connectivity index (χ4n) is 3.13.